The first kappa shape index (κ1) is 28.5. The fourth-order valence-electron chi connectivity index (χ4n) is 6.08. The van der Waals surface area contributed by atoms with Crippen LogP contribution in [0.3, 0.4) is 0 Å². The summed E-state index contributed by atoms with van der Waals surface area (Å²) in [6.45, 7) is 3.94. The Balaban J connectivity index is 1.22. The van der Waals surface area contributed by atoms with Crippen LogP contribution in [0.1, 0.15) is 49.7 Å². The van der Waals surface area contributed by atoms with Crippen LogP contribution in [0.4, 0.5) is 11.8 Å². The molecule has 1 unspecified atom stereocenters. The zero-order valence-electron chi connectivity index (χ0n) is 24.0. The van der Waals surface area contributed by atoms with E-state index in [-0.39, 0.29) is 12.5 Å². The van der Waals surface area contributed by atoms with Gasteiger partial charge in [0.05, 0.1) is 18.0 Å². The maximum Gasteiger partial charge on any atom is 0.227 e. The molecule has 0 saturated carbocycles. The van der Waals surface area contributed by atoms with Crippen LogP contribution in [0.2, 0.25) is 0 Å². The van der Waals surface area contributed by atoms with Gasteiger partial charge in [0.25, 0.3) is 0 Å². The normalized spacial score (nSPS) is 17.7. The van der Waals surface area contributed by atoms with Crippen LogP contribution < -0.4 is 10.2 Å². The van der Waals surface area contributed by atoms with E-state index in [4.69, 9.17) is 9.97 Å². The van der Waals surface area contributed by atoms with Gasteiger partial charge in [-0.25, -0.2) is 4.98 Å². The highest BCUT2D eigenvalue weighted by atomic mass is 32.2. The zero-order chi connectivity index (χ0) is 28.7. The van der Waals surface area contributed by atoms with Crippen molar-refractivity contribution in [2.75, 3.05) is 36.4 Å². The summed E-state index contributed by atoms with van der Waals surface area (Å²) in [5, 5.41) is 14.3. The number of rotatable bonds is 8. The van der Waals surface area contributed by atoms with Crippen molar-refractivity contribution >= 4 is 40.3 Å². The van der Waals surface area contributed by atoms with Gasteiger partial charge in [-0.2, -0.15) is 4.98 Å². The Morgan fingerprint density at radius 2 is 1.52 bits per heavy atom. The van der Waals surface area contributed by atoms with E-state index in [0.717, 1.165) is 83.0 Å². The molecule has 42 heavy (non-hydrogen) atoms. The zero-order valence-corrected chi connectivity index (χ0v) is 24.9. The second kappa shape index (κ2) is 13.6. The molecule has 3 heterocycles. The number of piperidine rings is 1. The van der Waals surface area contributed by atoms with Gasteiger partial charge < -0.3 is 20.2 Å². The molecular formula is C34H39N5O2S. The van der Waals surface area contributed by atoms with Gasteiger partial charge in [0.1, 0.15) is 5.82 Å². The van der Waals surface area contributed by atoms with Crippen molar-refractivity contribution in [1.82, 2.24) is 14.9 Å². The second-order valence-electron chi connectivity index (χ2n) is 11.2. The van der Waals surface area contributed by atoms with Crippen LogP contribution in [0.5, 0.6) is 0 Å². The molecule has 4 aromatic rings. The smallest absolute Gasteiger partial charge is 0.227 e. The molecule has 1 atom stereocenters. The summed E-state index contributed by atoms with van der Waals surface area (Å²) in [7, 11) is 0. The van der Waals surface area contributed by atoms with Gasteiger partial charge >= 0.3 is 0 Å². The Bertz CT molecular complexity index is 1520. The van der Waals surface area contributed by atoms with Crippen LogP contribution >= 0.6 is 11.8 Å². The molecule has 218 valence electrons. The standard InChI is InChI=1S/C34H39N5O2S/c40-24-27-13-4-8-18-31(27)42-30-17-7-3-12-25(30)22-35-34-36-29-16-6-5-15-28(29)32(37-34)39-21-11-14-26(23-39)33(41)38-19-9-1-2-10-20-38/h3-8,12-13,15-18,26,40H,1-2,9-11,14,19-24H2,(H,35,36,37). The Hall–Kier alpha value is -3.62. The molecule has 1 amide bonds. The quantitative estimate of drug-likeness (QED) is 0.246. The van der Waals surface area contributed by atoms with Gasteiger partial charge in [0.2, 0.25) is 11.9 Å². The first-order valence-electron chi connectivity index (χ1n) is 15.2. The third-order valence-electron chi connectivity index (χ3n) is 8.34. The van der Waals surface area contributed by atoms with E-state index in [2.05, 4.69) is 33.3 Å². The maximum absolute atomic E-state index is 13.5. The summed E-state index contributed by atoms with van der Waals surface area (Å²) in [5.74, 6) is 1.80. The molecule has 2 N–H and O–H groups in total. The van der Waals surface area contributed by atoms with E-state index in [9.17, 15) is 9.90 Å². The topological polar surface area (TPSA) is 81.6 Å². The number of aliphatic hydroxyl groups is 1. The molecule has 8 heteroatoms. The van der Waals surface area contributed by atoms with Crippen LogP contribution in [0, 0.1) is 5.92 Å². The molecule has 7 nitrogen and oxygen atoms in total. The minimum Gasteiger partial charge on any atom is -0.392 e. The van der Waals surface area contributed by atoms with E-state index in [0.29, 0.717) is 24.9 Å². The lowest BCUT2D eigenvalue weighted by Gasteiger charge is -2.36. The van der Waals surface area contributed by atoms with Crippen molar-refractivity contribution in [3.8, 4) is 0 Å². The summed E-state index contributed by atoms with van der Waals surface area (Å²) < 4.78 is 0. The van der Waals surface area contributed by atoms with Gasteiger partial charge in [-0.15, -0.1) is 0 Å². The average Bonchev–Trinajstić information content (AvgIpc) is 3.34. The summed E-state index contributed by atoms with van der Waals surface area (Å²) in [5.41, 5.74) is 2.95. The number of nitrogens with one attached hydrogen (secondary N) is 1. The number of aromatic nitrogens is 2. The molecule has 2 aliphatic heterocycles. The van der Waals surface area contributed by atoms with Crippen LogP contribution in [-0.4, -0.2) is 52.1 Å². The number of para-hydroxylation sites is 1. The molecular weight excluding hydrogens is 542 g/mol. The third-order valence-corrected chi connectivity index (χ3v) is 9.58. The van der Waals surface area contributed by atoms with Crippen molar-refractivity contribution in [1.29, 1.82) is 0 Å². The van der Waals surface area contributed by atoms with Crippen molar-refractivity contribution in [2.24, 2.45) is 5.92 Å². The van der Waals surface area contributed by atoms with Crippen molar-refractivity contribution < 1.29 is 9.90 Å². The monoisotopic (exact) mass is 581 g/mol. The molecule has 2 aliphatic rings. The molecule has 3 aromatic carbocycles. The van der Waals surface area contributed by atoms with Gasteiger partial charge in [-0.3, -0.25) is 4.79 Å². The number of fused-ring (bicyclic) bond motifs is 1. The fraction of sp³-hybridized carbons (Fsp3) is 0.382. The average molecular weight is 582 g/mol. The van der Waals surface area contributed by atoms with E-state index in [1.54, 1.807) is 11.8 Å². The summed E-state index contributed by atoms with van der Waals surface area (Å²) in [4.78, 5) is 30.0. The highest BCUT2D eigenvalue weighted by molar-refractivity contribution is 7.99. The van der Waals surface area contributed by atoms with Crippen LogP contribution in [0.25, 0.3) is 10.9 Å². The first-order chi connectivity index (χ1) is 20.7. The Labute approximate surface area is 252 Å². The minimum atomic E-state index is 0.00712. The molecule has 6 rings (SSSR count). The number of carbonyl (C=O) groups is 1. The Morgan fingerprint density at radius 3 is 2.31 bits per heavy atom. The van der Waals surface area contributed by atoms with Crippen LogP contribution in [-0.2, 0) is 17.9 Å². The van der Waals surface area contributed by atoms with Crippen molar-refractivity contribution in [2.45, 2.75) is 61.5 Å². The van der Waals surface area contributed by atoms with Crippen molar-refractivity contribution in [3.63, 3.8) is 0 Å². The lowest BCUT2D eigenvalue weighted by Crippen LogP contribution is -2.45. The first-order valence-corrected chi connectivity index (χ1v) is 16.0. The summed E-state index contributed by atoms with van der Waals surface area (Å²) in [6.07, 6.45) is 6.59. The van der Waals surface area contributed by atoms with E-state index in [1.807, 2.05) is 54.6 Å². The SMILES string of the molecule is O=C(C1CCCN(c2nc(NCc3ccccc3Sc3ccccc3CO)nc3ccccc23)C1)N1CCCCCC1. The molecule has 2 saturated heterocycles. The fourth-order valence-corrected chi connectivity index (χ4v) is 7.14. The van der Waals surface area contributed by atoms with E-state index >= 15 is 0 Å². The summed E-state index contributed by atoms with van der Waals surface area (Å²) >= 11 is 1.66. The summed E-state index contributed by atoms with van der Waals surface area (Å²) in [6, 6.07) is 24.4. The predicted molar refractivity (Wildman–Crippen MR) is 170 cm³/mol. The van der Waals surface area contributed by atoms with Gasteiger partial charge in [0, 0.05) is 47.9 Å². The Morgan fingerprint density at radius 1 is 0.833 bits per heavy atom. The molecule has 1 aromatic heterocycles. The van der Waals surface area contributed by atoms with Crippen molar-refractivity contribution in [3.05, 3.63) is 83.9 Å². The third kappa shape index (κ3) is 6.55. The minimum absolute atomic E-state index is 0.00712. The number of amides is 1. The number of nitrogens with zero attached hydrogens (tertiary/aromatic N) is 4. The predicted octanol–water partition coefficient (Wildman–Crippen LogP) is 6.50. The molecule has 0 spiro atoms. The molecule has 2 fully saturated rings. The molecule has 0 radical (unpaired) electrons. The lowest BCUT2D eigenvalue weighted by atomic mass is 9.96. The maximum atomic E-state index is 13.5. The van der Waals surface area contributed by atoms with Crippen LogP contribution in [0.15, 0.2) is 82.6 Å². The number of hydrogen-bond acceptors (Lipinski definition) is 7. The number of anilines is 2. The second-order valence-corrected chi connectivity index (χ2v) is 12.3. The van der Waals surface area contributed by atoms with E-state index < -0.39 is 0 Å². The highest BCUT2D eigenvalue weighted by Gasteiger charge is 2.31. The highest BCUT2D eigenvalue weighted by Crippen LogP contribution is 2.34. The number of carbonyl (C=O) groups excluding carboxylic acids is 1. The van der Waals surface area contributed by atoms with Gasteiger partial charge in [0.15, 0.2) is 0 Å². The largest absolute Gasteiger partial charge is 0.392 e. The van der Waals surface area contributed by atoms with Gasteiger partial charge in [-0.05, 0) is 61.1 Å². The molecule has 0 aliphatic carbocycles. The van der Waals surface area contributed by atoms with E-state index in [1.165, 1.54) is 12.8 Å². The number of likely N-dealkylation sites (tertiary alicyclic amines) is 1. The number of aliphatic hydroxyl groups excluding tert-OH is 1. The van der Waals surface area contributed by atoms with Gasteiger partial charge in [-0.1, -0.05) is 73.1 Å². The molecule has 0 bridgehead atoms. The Kier molecular flexibility index (Phi) is 9.21. The lowest BCUT2D eigenvalue weighted by molar-refractivity contribution is -0.135. The number of benzene rings is 3. The number of hydrogen-bond donors (Lipinski definition) is 2.